The zero-order chi connectivity index (χ0) is 12.8. The minimum Gasteiger partial charge on any atom is -0.243 e. The first-order valence-electron chi connectivity index (χ1n) is 5.76. The topological polar surface area (TPSA) is 64.8 Å². The summed E-state index contributed by atoms with van der Waals surface area (Å²) < 4.78 is 25.2. The van der Waals surface area contributed by atoms with Crippen molar-refractivity contribution in [2.45, 2.75) is 24.6 Å². The van der Waals surface area contributed by atoms with E-state index in [1.54, 1.807) is 22.9 Å². The number of hydrogen-bond acceptors (Lipinski definition) is 4. The van der Waals surface area contributed by atoms with Gasteiger partial charge in [0.05, 0.1) is 23.1 Å². The van der Waals surface area contributed by atoms with E-state index in [1.165, 1.54) is 0 Å². The van der Waals surface area contributed by atoms with E-state index in [9.17, 15) is 8.42 Å². The standard InChI is InChI=1S/C11H12ClN3O2S/c12-8-3-4-10-11(6-8)15(14-13-10)7-9-2-1-5-18(9,16)17/h3-4,6,9H,1-2,5,7H2. The molecule has 1 aromatic carbocycles. The van der Waals surface area contributed by atoms with Gasteiger partial charge in [0.1, 0.15) is 5.52 Å². The summed E-state index contributed by atoms with van der Waals surface area (Å²) in [6.45, 7) is 0.360. The summed E-state index contributed by atoms with van der Waals surface area (Å²) in [6, 6.07) is 5.29. The van der Waals surface area contributed by atoms with E-state index >= 15 is 0 Å². The molecule has 5 nitrogen and oxygen atoms in total. The Morgan fingerprint density at radius 2 is 2.28 bits per heavy atom. The Hall–Kier alpha value is -1.14. The molecule has 7 heteroatoms. The maximum absolute atomic E-state index is 11.8. The second kappa shape index (κ2) is 4.20. The summed E-state index contributed by atoms with van der Waals surface area (Å²) in [4.78, 5) is 0. The van der Waals surface area contributed by atoms with Crippen molar-refractivity contribution in [3.8, 4) is 0 Å². The molecule has 1 aliphatic rings. The summed E-state index contributed by atoms with van der Waals surface area (Å²) in [5, 5.41) is 8.27. The highest BCUT2D eigenvalue weighted by molar-refractivity contribution is 7.92. The molecule has 0 amide bonds. The van der Waals surface area contributed by atoms with Crippen molar-refractivity contribution in [2.24, 2.45) is 0 Å². The van der Waals surface area contributed by atoms with Crippen molar-refractivity contribution >= 4 is 32.5 Å². The van der Waals surface area contributed by atoms with Crippen LogP contribution in [-0.2, 0) is 16.4 Å². The molecule has 0 N–H and O–H groups in total. The molecule has 2 heterocycles. The zero-order valence-corrected chi connectivity index (χ0v) is 11.2. The SMILES string of the molecule is O=S1(=O)CCCC1Cn1nnc2ccc(Cl)cc21. The lowest BCUT2D eigenvalue weighted by Gasteiger charge is -2.09. The smallest absolute Gasteiger partial charge is 0.154 e. The normalized spacial score (nSPS) is 22.6. The predicted molar refractivity (Wildman–Crippen MR) is 69.3 cm³/mol. The van der Waals surface area contributed by atoms with Gasteiger partial charge >= 0.3 is 0 Å². The molecule has 0 saturated carbocycles. The first-order valence-corrected chi connectivity index (χ1v) is 7.86. The average molecular weight is 286 g/mol. The van der Waals surface area contributed by atoms with Gasteiger partial charge in [-0.25, -0.2) is 13.1 Å². The molecule has 0 bridgehead atoms. The van der Waals surface area contributed by atoms with Crippen LogP contribution in [0.15, 0.2) is 18.2 Å². The molecule has 96 valence electrons. The van der Waals surface area contributed by atoms with Crippen molar-refractivity contribution in [1.29, 1.82) is 0 Å². The fraction of sp³-hybridized carbons (Fsp3) is 0.455. The monoisotopic (exact) mass is 285 g/mol. The third-order valence-electron chi connectivity index (χ3n) is 3.32. The average Bonchev–Trinajstić information content (AvgIpc) is 2.84. The maximum Gasteiger partial charge on any atom is 0.154 e. The van der Waals surface area contributed by atoms with Gasteiger partial charge in [0.2, 0.25) is 0 Å². The van der Waals surface area contributed by atoms with E-state index in [2.05, 4.69) is 10.3 Å². The Balaban J connectivity index is 1.98. The van der Waals surface area contributed by atoms with Crippen LogP contribution in [0.1, 0.15) is 12.8 Å². The molecule has 1 aromatic heterocycles. The zero-order valence-electron chi connectivity index (χ0n) is 9.58. The summed E-state index contributed by atoms with van der Waals surface area (Å²) >= 11 is 5.93. The molecule has 1 atom stereocenters. The first kappa shape index (κ1) is 11.9. The second-order valence-electron chi connectivity index (χ2n) is 4.54. The number of nitrogens with zero attached hydrogens (tertiary/aromatic N) is 3. The van der Waals surface area contributed by atoms with Crippen molar-refractivity contribution in [1.82, 2.24) is 15.0 Å². The molecule has 1 saturated heterocycles. The number of aromatic nitrogens is 3. The number of benzene rings is 1. The molecule has 3 rings (SSSR count). The lowest BCUT2D eigenvalue weighted by molar-refractivity contribution is 0.540. The van der Waals surface area contributed by atoms with Gasteiger partial charge in [-0.2, -0.15) is 0 Å². The second-order valence-corrected chi connectivity index (χ2v) is 7.37. The van der Waals surface area contributed by atoms with Crippen molar-refractivity contribution in [3.63, 3.8) is 0 Å². The van der Waals surface area contributed by atoms with Gasteiger partial charge in [0.15, 0.2) is 9.84 Å². The molecular formula is C11H12ClN3O2S. The van der Waals surface area contributed by atoms with E-state index in [0.717, 1.165) is 17.5 Å². The number of fused-ring (bicyclic) bond motifs is 1. The highest BCUT2D eigenvalue weighted by atomic mass is 35.5. The third-order valence-corrected chi connectivity index (χ3v) is 5.81. The van der Waals surface area contributed by atoms with Gasteiger partial charge < -0.3 is 0 Å². The van der Waals surface area contributed by atoms with E-state index in [0.29, 0.717) is 18.0 Å². The number of hydrogen-bond donors (Lipinski definition) is 0. The van der Waals surface area contributed by atoms with E-state index in [1.807, 2.05) is 0 Å². The largest absolute Gasteiger partial charge is 0.243 e. The molecule has 0 spiro atoms. The van der Waals surface area contributed by atoms with Crippen molar-refractivity contribution < 1.29 is 8.42 Å². The molecule has 0 radical (unpaired) electrons. The van der Waals surface area contributed by atoms with Crippen LogP contribution in [0.2, 0.25) is 5.02 Å². The Bertz CT molecular complexity index is 695. The Labute approximate surface area is 110 Å². The Morgan fingerprint density at radius 3 is 3.00 bits per heavy atom. The molecule has 0 aliphatic carbocycles. The molecule has 2 aromatic rings. The van der Waals surface area contributed by atoms with Crippen LogP contribution in [0.5, 0.6) is 0 Å². The third kappa shape index (κ3) is 1.99. The highest BCUT2D eigenvalue weighted by Crippen LogP contribution is 2.23. The number of rotatable bonds is 2. The van der Waals surface area contributed by atoms with Crippen LogP contribution in [0.3, 0.4) is 0 Å². The Kier molecular flexibility index (Phi) is 2.79. The highest BCUT2D eigenvalue weighted by Gasteiger charge is 2.32. The van der Waals surface area contributed by atoms with Crippen LogP contribution in [0, 0.1) is 0 Å². The number of sulfone groups is 1. The first-order chi connectivity index (χ1) is 8.56. The van der Waals surface area contributed by atoms with Gasteiger partial charge in [-0.3, -0.25) is 0 Å². The van der Waals surface area contributed by atoms with E-state index in [4.69, 9.17) is 11.6 Å². The van der Waals surface area contributed by atoms with Crippen LogP contribution in [-0.4, -0.2) is 34.4 Å². The lowest BCUT2D eigenvalue weighted by Crippen LogP contribution is -2.22. The van der Waals surface area contributed by atoms with Gasteiger partial charge in [-0.05, 0) is 31.0 Å². The summed E-state index contributed by atoms with van der Waals surface area (Å²) in [6.07, 6.45) is 1.44. The summed E-state index contributed by atoms with van der Waals surface area (Å²) in [7, 11) is -2.96. The van der Waals surface area contributed by atoms with Gasteiger partial charge in [-0.15, -0.1) is 5.10 Å². The van der Waals surface area contributed by atoms with Gasteiger partial charge in [0.25, 0.3) is 0 Å². The fourth-order valence-corrected chi connectivity index (χ4v) is 4.29. The van der Waals surface area contributed by atoms with Crippen LogP contribution < -0.4 is 0 Å². The van der Waals surface area contributed by atoms with Crippen molar-refractivity contribution in [3.05, 3.63) is 23.2 Å². The van der Waals surface area contributed by atoms with Crippen LogP contribution in [0.4, 0.5) is 0 Å². The minimum absolute atomic E-state index is 0.283. The van der Waals surface area contributed by atoms with Crippen molar-refractivity contribution in [2.75, 3.05) is 5.75 Å². The molecule has 18 heavy (non-hydrogen) atoms. The fourth-order valence-electron chi connectivity index (χ4n) is 2.33. The molecule has 1 aliphatic heterocycles. The summed E-state index contributed by atoms with van der Waals surface area (Å²) in [5.41, 5.74) is 1.51. The predicted octanol–water partition coefficient (Wildman–Crippen LogP) is 1.66. The number of halogens is 1. The molecular weight excluding hydrogens is 274 g/mol. The minimum atomic E-state index is -2.96. The quantitative estimate of drug-likeness (QED) is 0.842. The summed E-state index contributed by atoms with van der Waals surface area (Å²) in [5.74, 6) is 0.283. The molecule has 1 fully saturated rings. The van der Waals surface area contributed by atoms with Gasteiger partial charge in [0, 0.05) is 5.02 Å². The lowest BCUT2D eigenvalue weighted by atomic mass is 10.2. The van der Waals surface area contributed by atoms with Gasteiger partial charge in [-0.1, -0.05) is 16.8 Å². The van der Waals surface area contributed by atoms with E-state index < -0.39 is 9.84 Å². The van der Waals surface area contributed by atoms with Crippen LogP contribution >= 0.6 is 11.6 Å². The maximum atomic E-state index is 11.8. The Morgan fingerprint density at radius 1 is 1.44 bits per heavy atom. The van der Waals surface area contributed by atoms with E-state index in [-0.39, 0.29) is 11.0 Å². The molecule has 1 unspecified atom stereocenters. The van der Waals surface area contributed by atoms with Crippen LogP contribution in [0.25, 0.3) is 11.0 Å².